The zero-order valence-electron chi connectivity index (χ0n) is 13.8. The van der Waals surface area contributed by atoms with Gasteiger partial charge in [-0.3, -0.25) is 0 Å². The Morgan fingerprint density at radius 2 is 1.92 bits per heavy atom. The number of rotatable bonds is 8. The van der Waals surface area contributed by atoms with E-state index in [2.05, 4.69) is 6.07 Å². The summed E-state index contributed by atoms with van der Waals surface area (Å²) in [6.07, 6.45) is 1.72. The highest BCUT2D eigenvalue weighted by Crippen LogP contribution is 2.26. The molecule has 0 aliphatic rings. The Morgan fingerprint density at radius 3 is 2.62 bits per heavy atom. The van der Waals surface area contributed by atoms with Crippen LogP contribution in [0.25, 0.3) is 0 Å². The van der Waals surface area contributed by atoms with Crippen LogP contribution in [-0.2, 0) is 17.8 Å². The van der Waals surface area contributed by atoms with E-state index in [0.717, 1.165) is 11.1 Å². The Labute approximate surface area is 142 Å². The second kappa shape index (κ2) is 9.36. The molecule has 0 fully saturated rings. The molecular formula is C20H21NO3. The number of hydrogen-bond acceptors (Lipinski definition) is 4. The van der Waals surface area contributed by atoms with Crippen LogP contribution in [0.3, 0.4) is 0 Å². The number of ether oxygens (including phenoxy) is 2. The molecule has 0 heterocycles. The van der Waals surface area contributed by atoms with Gasteiger partial charge in [0, 0.05) is 12.0 Å². The lowest BCUT2D eigenvalue weighted by Crippen LogP contribution is -2.10. The standard InChI is InChI=1S/C20H21NO3/c1-2-23-20(22)18-12-8-13-19(17(18)11-6-7-14-21)24-15-16-9-4-3-5-10-16/h3-5,8-10,12-13H,2,6-7,11,15H2,1H3. The van der Waals surface area contributed by atoms with Crippen molar-refractivity contribution in [2.75, 3.05) is 6.61 Å². The Hall–Kier alpha value is -2.80. The average Bonchev–Trinajstić information content (AvgIpc) is 2.61. The molecule has 0 N–H and O–H groups in total. The van der Waals surface area contributed by atoms with Crippen LogP contribution >= 0.6 is 0 Å². The monoisotopic (exact) mass is 323 g/mol. The second-order valence-corrected chi connectivity index (χ2v) is 5.29. The summed E-state index contributed by atoms with van der Waals surface area (Å²) in [5, 5.41) is 8.76. The van der Waals surface area contributed by atoms with E-state index in [-0.39, 0.29) is 5.97 Å². The summed E-state index contributed by atoms with van der Waals surface area (Å²) in [7, 11) is 0. The minimum Gasteiger partial charge on any atom is -0.489 e. The molecule has 2 aromatic rings. The molecule has 0 radical (unpaired) electrons. The highest BCUT2D eigenvalue weighted by Gasteiger charge is 2.16. The summed E-state index contributed by atoms with van der Waals surface area (Å²) in [6.45, 7) is 2.53. The summed E-state index contributed by atoms with van der Waals surface area (Å²) in [4.78, 5) is 12.2. The minimum atomic E-state index is -0.352. The lowest BCUT2D eigenvalue weighted by Gasteiger charge is -2.15. The predicted octanol–water partition coefficient (Wildman–Crippen LogP) is 4.29. The van der Waals surface area contributed by atoms with E-state index < -0.39 is 0 Å². The SMILES string of the molecule is CCOC(=O)c1cccc(OCc2ccccc2)c1CCCC#N. The summed E-state index contributed by atoms with van der Waals surface area (Å²) in [5.41, 5.74) is 2.38. The first-order chi connectivity index (χ1) is 11.8. The first-order valence-corrected chi connectivity index (χ1v) is 8.09. The van der Waals surface area contributed by atoms with Gasteiger partial charge in [-0.1, -0.05) is 36.4 Å². The van der Waals surface area contributed by atoms with Crippen LogP contribution in [-0.4, -0.2) is 12.6 Å². The molecule has 0 unspecified atom stereocenters. The smallest absolute Gasteiger partial charge is 0.338 e. The number of unbranched alkanes of at least 4 members (excludes halogenated alkanes) is 1. The van der Waals surface area contributed by atoms with Crippen molar-refractivity contribution in [3.63, 3.8) is 0 Å². The third-order valence-corrected chi connectivity index (χ3v) is 3.58. The van der Waals surface area contributed by atoms with E-state index in [4.69, 9.17) is 14.7 Å². The zero-order valence-corrected chi connectivity index (χ0v) is 13.8. The topological polar surface area (TPSA) is 59.3 Å². The van der Waals surface area contributed by atoms with Crippen LogP contribution in [0, 0.1) is 11.3 Å². The van der Waals surface area contributed by atoms with Crippen molar-refractivity contribution in [2.45, 2.75) is 32.8 Å². The fourth-order valence-electron chi connectivity index (χ4n) is 2.44. The third-order valence-electron chi connectivity index (χ3n) is 3.58. The van der Waals surface area contributed by atoms with E-state index in [0.29, 0.717) is 43.8 Å². The van der Waals surface area contributed by atoms with Crippen molar-refractivity contribution < 1.29 is 14.3 Å². The van der Waals surface area contributed by atoms with Gasteiger partial charge in [0.1, 0.15) is 12.4 Å². The summed E-state index contributed by atoms with van der Waals surface area (Å²) >= 11 is 0. The molecule has 0 aromatic heterocycles. The molecule has 0 saturated carbocycles. The Balaban J connectivity index is 2.22. The first kappa shape index (κ1) is 17.6. The van der Waals surface area contributed by atoms with Crippen LogP contribution in [0.15, 0.2) is 48.5 Å². The maximum atomic E-state index is 12.2. The predicted molar refractivity (Wildman–Crippen MR) is 91.7 cm³/mol. The first-order valence-electron chi connectivity index (χ1n) is 8.09. The Morgan fingerprint density at radius 1 is 1.12 bits per heavy atom. The fourth-order valence-corrected chi connectivity index (χ4v) is 2.44. The van der Waals surface area contributed by atoms with Gasteiger partial charge in [-0.2, -0.15) is 5.26 Å². The van der Waals surface area contributed by atoms with Gasteiger partial charge in [0.15, 0.2) is 0 Å². The number of carbonyl (C=O) groups excluding carboxylic acids is 1. The van der Waals surface area contributed by atoms with E-state index >= 15 is 0 Å². The van der Waals surface area contributed by atoms with Crippen molar-refractivity contribution in [3.8, 4) is 11.8 Å². The molecule has 0 aliphatic carbocycles. The molecule has 0 aliphatic heterocycles. The van der Waals surface area contributed by atoms with Crippen molar-refractivity contribution in [2.24, 2.45) is 0 Å². The van der Waals surface area contributed by atoms with Gasteiger partial charge in [-0.05, 0) is 37.5 Å². The van der Waals surface area contributed by atoms with Gasteiger partial charge in [0.2, 0.25) is 0 Å². The number of benzene rings is 2. The molecule has 0 saturated heterocycles. The van der Waals surface area contributed by atoms with Crippen LogP contribution in [0.2, 0.25) is 0 Å². The normalized spacial score (nSPS) is 10.0. The molecular weight excluding hydrogens is 302 g/mol. The Kier molecular flexibility index (Phi) is 6.85. The molecule has 0 spiro atoms. The molecule has 4 nitrogen and oxygen atoms in total. The maximum Gasteiger partial charge on any atom is 0.338 e. The van der Waals surface area contributed by atoms with E-state index in [1.165, 1.54) is 0 Å². The van der Waals surface area contributed by atoms with Gasteiger partial charge >= 0.3 is 5.97 Å². The lowest BCUT2D eigenvalue weighted by atomic mass is 10.0. The highest BCUT2D eigenvalue weighted by molar-refractivity contribution is 5.91. The fraction of sp³-hybridized carbons (Fsp3) is 0.300. The van der Waals surface area contributed by atoms with E-state index in [1.807, 2.05) is 36.4 Å². The molecule has 4 heteroatoms. The number of nitrogens with zero attached hydrogens (tertiary/aromatic N) is 1. The van der Waals surface area contributed by atoms with Crippen LogP contribution in [0.4, 0.5) is 0 Å². The van der Waals surface area contributed by atoms with E-state index in [1.54, 1.807) is 19.1 Å². The minimum absolute atomic E-state index is 0.325. The molecule has 0 atom stereocenters. The quantitative estimate of drug-likeness (QED) is 0.537. The number of hydrogen-bond donors (Lipinski definition) is 0. The molecule has 0 amide bonds. The molecule has 2 rings (SSSR count). The van der Waals surface area contributed by atoms with Gasteiger partial charge in [0.05, 0.1) is 18.2 Å². The number of nitriles is 1. The lowest BCUT2D eigenvalue weighted by molar-refractivity contribution is 0.0524. The van der Waals surface area contributed by atoms with Crippen molar-refractivity contribution in [1.29, 1.82) is 5.26 Å². The third kappa shape index (κ3) is 4.85. The maximum absolute atomic E-state index is 12.2. The molecule has 0 bridgehead atoms. The van der Waals surface area contributed by atoms with Crippen LogP contribution in [0.5, 0.6) is 5.75 Å². The zero-order chi connectivity index (χ0) is 17.2. The van der Waals surface area contributed by atoms with Crippen LogP contribution < -0.4 is 4.74 Å². The molecule has 24 heavy (non-hydrogen) atoms. The number of esters is 1. The van der Waals surface area contributed by atoms with E-state index in [9.17, 15) is 4.79 Å². The largest absolute Gasteiger partial charge is 0.489 e. The second-order valence-electron chi connectivity index (χ2n) is 5.29. The van der Waals surface area contributed by atoms with Crippen molar-refractivity contribution in [3.05, 3.63) is 65.2 Å². The van der Waals surface area contributed by atoms with Gasteiger partial charge in [-0.25, -0.2) is 4.79 Å². The van der Waals surface area contributed by atoms with Crippen molar-refractivity contribution in [1.82, 2.24) is 0 Å². The average molecular weight is 323 g/mol. The molecule has 124 valence electrons. The van der Waals surface area contributed by atoms with Gasteiger partial charge < -0.3 is 9.47 Å². The van der Waals surface area contributed by atoms with Crippen molar-refractivity contribution >= 4 is 5.97 Å². The summed E-state index contributed by atoms with van der Waals surface area (Å²) in [5.74, 6) is 0.317. The molecule has 2 aromatic carbocycles. The van der Waals surface area contributed by atoms with Gasteiger partial charge in [0.25, 0.3) is 0 Å². The Bertz CT molecular complexity index is 705. The summed E-state index contributed by atoms with van der Waals surface area (Å²) < 4.78 is 11.1. The number of carbonyl (C=O) groups is 1. The van der Waals surface area contributed by atoms with Crippen LogP contribution in [0.1, 0.15) is 41.3 Å². The summed E-state index contributed by atoms with van der Waals surface area (Å²) in [6, 6.07) is 17.4. The van der Waals surface area contributed by atoms with Gasteiger partial charge in [-0.15, -0.1) is 0 Å². The highest BCUT2D eigenvalue weighted by atomic mass is 16.5.